The molecular weight excluding hydrogens is 138 g/mol. The predicted octanol–water partition coefficient (Wildman–Crippen LogP) is 1.11. The second-order valence-corrected chi connectivity index (χ2v) is 2.13. The fourth-order valence-electron chi connectivity index (χ4n) is 0.773. The van der Waals surface area contributed by atoms with Gasteiger partial charge in [-0.3, -0.25) is 0 Å². The van der Waals surface area contributed by atoms with E-state index in [4.69, 9.17) is 11.5 Å². The van der Waals surface area contributed by atoms with Crippen LogP contribution in [-0.4, -0.2) is 0 Å². The minimum absolute atomic E-state index is 0.737. The third kappa shape index (κ3) is 2.21. The number of rotatable bonds is 2. The van der Waals surface area contributed by atoms with Crippen molar-refractivity contribution in [3.8, 4) is 0 Å². The van der Waals surface area contributed by atoms with Crippen molar-refractivity contribution < 1.29 is 0 Å². The average molecular weight is 149 g/mol. The van der Waals surface area contributed by atoms with Crippen LogP contribution in [0.15, 0.2) is 36.7 Å². The van der Waals surface area contributed by atoms with Gasteiger partial charge in [-0.1, -0.05) is 6.07 Å². The molecule has 3 heteroatoms. The van der Waals surface area contributed by atoms with E-state index in [-0.39, 0.29) is 0 Å². The summed E-state index contributed by atoms with van der Waals surface area (Å²) in [6.07, 6.45) is 3.08. The minimum Gasteiger partial charge on any atom is -0.403 e. The molecule has 0 saturated carbocycles. The van der Waals surface area contributed by atoms with Crippen LogP contribution >= 0.6 is 0 Å². The van der Waals surface area contributed by atoms with E-state index in [1.54, 1.807) is 6.20 Å². The number of hydrogen-bond donors (Lipinski definition) is 3. The van der Waals surface area contributed by atoms with Gasteiger partial charge in [-0.05, 0) is 18.2 Å². The maximum Gasteiger partial charge on any atom is 0.0400 e. The summed E-state index contributed by atoms with van der Waals surface area (Å²) in [7, 11) is 0. The zero-order chi connectivity index (χ0) is 8.10. The highest BCUT2D eigenvalue weighted by molar-refractivity contribution is 5.55. The Bertz CT molecular complexity index is 255. The van der Waals surface area contributed by atoms with E-state index in [1.807, 2.05) is 24.3 Å². The van der Waals surface area contributed by atoms with E-state index in [9.17, 15) is 0 Å². The molecule has 0 aliphatic heterocycles. The molecule has 0 aliphatic carbocycles. The Morgan fingerprint density at radius 2 is 2.18 bits per heavy atom. The maximum atomic E-state index is 5.53. The Morgan fingerprint density at radius 1 is 1.36 bits per heavy atom. The van der Waals surface area contributed by atoms with E-state index in [0.29, 0.717) is 0 Å². The molecule has 0 unspecified atom stereocenters. The fourth-order valence-corrected chi connectivity index (χ4v) is 0.773. The minimum atomic E-state index is 0.737. The normalized spacial score (nSPS) is 10.2. The van der Waals surface area contributed by atoms with Crippen molar-refractivity contribution in [2.45, 2.75) is 0 Å². The first-order valence-corrected chi connectivity index (χ1v) is 3.32. The van der Waals surface area contributed by atoms with Gasteiger partial charge in [-0.2, -0.15) is 0 Å². The summed E-state index contributed by atoms with van der Waals surface area (Å²) in [4.78, 5) is 0. The molecule has 1 aromatic carbocycles. The number of nitrogen functional groups attached to an aromatic ring is 1. The topological polar surface area (TPSA) is 64.1 Å². The molecule has 0 aliphatic rings. The molecule has 0 radical (unpaired) electrons. The molecule has 0 atom stereocenters. The quantitative estimate of drug-likeness (QED) is 0.552. The molecule has 0 bridgehead atoms. The molecule has 0 saturated heterocycles. The summed E-state index contributed by atoms with van der Waals surface area (Å²) < 4.78 is 0. The second-order valence-electron chi connectivity index (χ2n) is 2.13. The third-order valence-corrected chi connectivity index (χ3v) is 1.23. The van der Waals surface area contributed by atoms with E-state index in [2.05, 4.69) is 5.32 Å². The molecule has 5 N–H and O–H groups in total. The average Bonchev–Trinajstić information content (AvgIpc) is 2.01. The lowest BCUT2D eigenvalue weighted by Gasteiger charge is -1.99. The van der Waals surface area contributed by atoms with Gasteiger partial charge in [0, 0.05) is 23.8 Å². The van der Waals surface area contributed by atoms with Crippen LogP contribution in [0.1, 0.15) is 0 Å². The Balaban J connectivity index is 2.71. The Hall–Kier alpha value is -1.64. The fraction of sp³-hybridized carbons (Fsp3) is 0. The highest BCUT2D eigenvalue weighted by atomic mass is 14.8. The van der Waals surface area contributed by atoms with Gasteiger partial charge in [0.1, 0.15) is 0 Å². The molecule has 0 heterocycles. The second kappa shape index (κ2) is 3.51. The summed E-state index contributed by atoms with van der Waals surface area (Å²) in [6.45, 7) is 0. The zero-order valence-electron chi connectivity index (χ0n) is 6.12. The van der Waals surface area contributed by atoms with Crippen LogP contribution in [0.25, 0.3) is 0 Å². The van der Waals surface area contributed by atoms with Gasteiger partial charge >= 0.3 is 0 Å². The lowest BCUT2D eigenvalue weighted by molar-refractivity contribution is 1.51. The summed E-state index contributed by atoms with van der Waals surface area (Å²) in [5, 5.41) is 2.95. The van der Waals surface area contributed by atoms with Crippen LogP contribution in [0.5, 0.6) is 0 Å². The van der Waals surface area contributed by atoms with Gasteiger partial charge in [-0.15, -0.1) is 0 Å². The monoisotopic (exact) mass is 149 g/mol. The molecule has 58 valence electrons. The lowest BCUT2D eigenvalue weighted by Crippen LogP contribution is -1.91. The van der Waals surface area contributed by atoms with E-state index in [0.717, 1.165) is 11.4 Å². The van der Waals surface area contributed by atoms with Gasteiger partial charge < -0.3 is 16.8 Å². The molecule has 0 aromatic heterocycles. The number of benzene rings is 1. The first kappa shape index (κ1) is 7.47. The van der Waals surface area contributed by atoms with Crippen LogP contribution in [0.4, 0.5) is 11.4 Å². The standard InChI is InChI=1S/C8H11N3/c9-4-5-11-8-3-1-2-7(10)6-8/h1-6,11H,9-10H2/b5-4-. The van der Waals surface area contributed by atoms with Gasteiger partial charge in [-0.25, -0.2) is 0 Å². The molecule has 1 aromatic rings. The maximum absolute atomic E-state index is 5.53. The molecule has 11 heavy (non-hydrogen) atoms. The Labute approximate surface area is 65.7 Å². The molecule has 3 nitrogen and oxygen atoms in total. The summed E-state index contributed by atoms with van der Waals surface area (Å²) in [5.74, 6) is 0. The van der Waals surface area contributed by atoms with Crippen molar-refractivity contribution in [3.63, 3.8) is 0 Å². The number of anilines is 2. The summed E-state index contributed by atoms with van der Waals surface area (Å²) in [6, 6.07) is 7.45. The van der Waals surface area contributed by atoms with Crippen molar-refractivity contribution in [2.75, 3.05) is 11.1 Å². The molecule has 0 amide bonds. The first-order valence-electron chi connectivity index (χ1n) is 3.32. The van der Waals surface area contributed by atoms with Gasteiger partial charge in [0.2, 0.25) is 0 Å². The summed E-state index contributed by atoms with van der Waals surface area (Å²) >= 11 is 0. The van der Waals surface area contributed by atoms with E-state index in [1.165, 1.54) is 6.20 Å². The first-order chi connectivity index (χ1) is 5.33. The highest BCUT2D eigenvalue weighted by Crippen LogP contribution is 2.10. The van der Waals surface area contributed by atoms with Gasteiger partial charge in [0.05, 0.1) is 0 Å². The largest absolute Gasteiger partial charge is 0.403 e. The lowest BCUT2D eigenvalue weighted by atomic mass is 10.3. The predicted molar refractivity (Wildman–Crippen MR) is 47.8 cm³/mol. The van der Waals surface area contributed by atoms with Crippen molar-refractivity contribution in [1.82, 2.24) is 0 Å². The molecule has 1 rings (SSSR count). The van der Waals surface area contributed by atoms with Crippen LogP contribution in [-0.2, 0) is 0 Å². The van der Waals surface area contributed by atoms with Crippen LogP contribution in [0, 0.1) is 0 Å². The van der Waals surface area contributed by atoms with Gasteiger partial charge in [0.15, 0.2) is 0 Å². The van der Waals surface area contributed by atoms with Crippen LogP contribution in [0.3, 0.4) is 0 Å². The van der Waals surface area contributed by atoms with Crippen molar-refractivity contribution in [1.29, 1.82) is 0 Å². The highest BCUT2D eigenvalue weighted by Gasteiger charge is 1.86. The van der Waals surface area contributed by atoms with Crippen LogP contribution < -0.4 is 16.8 Å². The molecular formula is C8H11N3. The van der Waals surface area contributed by atoms with Crippen molar-refractivity contribution >= 4 is 11.4 Å². The Kier molecular flexibility index (Phi) is 2.38. The SMILES string of the molecule is N/C=C\Nc1cccc(N)c1. The molecule has 0 fully saturated rings. The number of hydrogen-bond acceptors (Lipinski definition) is 3. The number of nitrogens with one attached hydrogen (secondary N) is 1. The summed E-state index contributed by atoms with van der Waals surface area (Å²) in [5.41, 5.74) is 12.3. The van der Waals surface area contributed by atoms with Crippen molar-refractivity contribution in [3.05, 3.63) is 36.7 Å². The van der Waals surface area contributed by atoms with E-state index < -0.39 is 0 Å². The van der Waals surface area contributed by atoms with Crippen LogP contribution in [0.2, 0.25) is 0 Å². The van der Waals surface area contributed by atoms with Gasteiger partial charge in [0.25, 0.3) is 0 Å². The Morgan fingerprint density at radius 3 is 2.82 bits per heavy atom. The smallest absolute Gasteiger partial charge is 0.0400 e. The zero-order valence-corrected chi connectivity index (χ0v) is 6.12. The van der Waals surface area contributed by atoms with E-state index >= 15 is 0 Å². The third-order valence-electron chi connectivity index (χ3n) is 1.23. The van der Waals surface area contributed by atoms with Crippen molar-refractivity contribution in [2.24, 2.45) is 5.73 Å². The molecule has 0 spiro atoms. The number of nitrogens with two attached hydrogens (primary N) is 2.